The van der Waals surface area contributed by atoms with Crippen LogP contribution in [0.1, 0.15) is 12.2 Å². The van der Waals surface area contributed by atoms with E-state index in [0.717, 1.165) is 51.4 Å². The van der Waals surface area contributed by atoms with Crippen molar-refractivity contribution in [1.29, 1.82) is 0 Å². The summed E-state index contributed by atoms with van der Waals surface area (Å²) in [4.78, 5) is 21.0. The topological polar surface area (TPSA) is 66.3 Å². The minimum atomic E-state index is 0.192. The lowest BCUT2D eigenvalue weighted by atomic mass is 10.1. The SMILES string of the molecule is O=C(CN[C@H]1CCc2ncnn2C1)N1CCN(c2ccccc2)CC1. The van der Waals surface area contributed by atoms with Crippen molar-refractivity contribution in [2.45, 2.75) is 25.4 Å². The molecule has 1 saturated heterocycles. The average molecular weight is 340 g/mol. The monoisotopic (exact) mass is 340 g/mol. The van der Waals surface area contributed by atoms with Gasteiger partial charge in [-0.15, -0.1) is 0 Å². The number of carbonyl (C=O) groups excluding carboxylic acids is 1. The molecule has 7 heteroatoms. The summed E-state index contributed by atoms with van der Waals surface area (Å²) in [5.41, 5.74) is 1.23. The Balaban J connectivity index is 1.23. The van der Waals surface area contributed by atoms with Gasteiger partial charge in [-0.05, 0) is 18.6 Å². The number of fused-ring (bicyclic) bond motifs is 1. The summed E-state index contributed by atoms with van der Waals surface area (Å²) >= 11 is 0. The number of hydrogen-bond donors (Lipinski definition) is 1. The number of nitrogens with zero attached hydrogens (tertiary/aromatic N) is 5. The van der Waals surface area contributed by atoms with E-state index in [4.69, 9.17) is 0 Å². The maximum absolute atomic E-state index is 12.5. The van der Waals surface area contributed by atoms with E-state index in [9.17, 15) is 4.79 Å². The smallest absolute Gasteiger partial charge is 0.236 e. The molecule has 2 aromatic rings. The number of nitrogens with one attached hydrogen (secondary N) is 1. The van der Waals surface area contributed by atoms with Gasteiger partial charge in [-0.1, -0.05) is 18.2 Å². The summed E-state index contributed by atoms with van der Waals surface area (Å²) in [7, 11) is 0. The molecule has 25 heavy (non-hydrogen) atoms. The molecule has 1 aromatic heterocycles. The van der Waals surface area contributed by atoms with E-state index in [2.05, 4.69) is 44.6 Å². The van der Waals surface area contributed by atoms with Gasteiger partial charge in [0.25, 0.3) is 0 Å². The van der Waals surface area contributed by atoms with E-state index < -0.39 is 0 Å². The summed E-state index contributed by atoms with van der Waals surface area (Å²) < 4.78 is 1.93. The van der Waals surface area contributed by atoms with Crippen molar-refractivity contribution in [3.8, 4) is 0 Å². The van der Waals surface area contributed by atoms with Crippen molar-refractivity contribution in [3.05, 3.63) is 42.5 Å². The molecule has 1 aromatic carbocycles. The van der Waals surface area contributed by atoms with Gasteiger partial charge < -0.3 is 15.1 Å². The van der Waals surface area contributed by atoms with Crippen molar-refractivity contribution in [1.82, 2.24) is 25.0 Å². The van der Waals surface area contributed by atoms with Crippen molar-refractivity contribution in [3.63, 3.8) is 0 Å². The van der Waals surface area contributed by atoms with Gasteiger partial charge in [0.05, 0.1) is 13.1 Å². The molecule has 0 bridgehead atoms. The third kappa shape index (κ3) is 3.66. The van der Waals surface area contributed by atoms with Gasteiger partial charge in [-0.2, -0.15) is 5.10 Å². The zero-order valence-electron chi connectivity index (χ0n) is 14.3. The minimum absolute atomic E-state index is 0.192. The van der Waals surface area contributed by atoms with Gasteiger partial charge in [0.2, 0.25) is 5.91 Å². The van der Waals surface area contributed by atoms with E-state index >= 15 is 0 Å². The van der Waals surface area contributed by atoms with Crippen LogP contribution in [0.3, 0.4) is 0 Å². The van der Waals surface area contributed by atoms with Crippen LogP contribution in [0.2, 0.25) is 0 Å². The number of aryl methyl sites for hydroxylation is 1. The molecule has 7 nitrogen and oxygen atoms in total. The first-order valence-electron chi connectivity index (χ1n) is 8.97. The second-order valence-electron chi connectivity index (χ2n) is 6.68. The number of hydrogen-bond acceptors (Lipinski definition) is 5. The maximum Gasteiger partial charge on any atom is 0.236 e. The molecule has 0 radical (unpaired) electrons. The third-order valence-corrected chi connectivity index (χ3v) is 5.10. The first-order valence-corrected chi connectivity index (χ1v) is 8.97. The van der Waals surface area contributed by atoms with E-state index in [1.807, 2.05) is 15.6 Å². The van der Waals surface area contributed by atoms with Crippen LogP contribution in [0.5, 0.6) is 0 Å². The third-order valence-electron chi connectivity index (χ3n) is 5.10. The van der Waals surface area contributed by atoms with Gasteiger partial charge in [0, 0.05) is 44.3 Å². The largest absolute Gasteiger partial charge is 0.368 e. The standard InChI is InChI=1S/C18H24N6O/c25-18(12-19-15-6-7-17-20-14-21-24(17)13-15)23-10-8-22(9-11-23)16-4-2-1-3-5-16/h1-5,14-15,19H,6-13H2/t15-/m0/s1. The first-order chi connectivity index (χ1) is 12.3. The maximum atomic E-state index is 12.5. The molecule has 0 spiro atoms. The quantitative estimate of drug-likeness (QED) is 0.880. The van der Waals surface area contributed by atoms with Crippen LogP contribution < -0.4 is 10.2 Å². The highest BCUT2D eigenvalue weighted by molar-refractivity contribution is 5.78. The van der Waals surface area contributed by atoms with Crippen molar-refractivity contribution in [2.75, 3.05) is 37.6 Å². The van der Waals surface area contributed by atoms with Gasteiger partial charge in [-0.3, -0.25) is 4.79 Å². The molecule has 1 fully saturated rings. The fourth-order valence-electron chi connectivity index (χ4n) is 3.60. The summed E-state index contributed by atoms with van der Waals surface area (Å²) in [6, 6.07) is 10.7. The second-order valence-corrected chi connectivity index (χ2v) is 6.68. The van der Waals surface area contributed by atoms with Crippen molar-refractivity contribution in [2.24, 2.45) is 0 Å². The molecule has 3 heterocycles. The number of benzene rings is 1. The van der Waals surface area contributed by atoms with E-state index in [0.29, 0.717) is 12.6 Å². The Kier molecular flexibility index (Phi) is 4.65. The Morgan fingerprint density at radius 2 is 1.96 bits per heavy atom. The van der Waals surface area contributed by atoms with E-state index in [-0.39, 0.29) is 5.91 Å². The lowest BCUT2D eigenvalue weighted by Gasteiger charge is -2.36. The normalized spacial score (nSPS) is 20.4. The fourth-order valence-corrected chi connectivity index (χ4v) is 3.60. The van der Waals surface area contributed by atoms with Crippen LogP contribution in [-0.4, -0.2) is 64.3 Å². The molecule has 0 saturated carbocycles. The van der Waals surface area contributed by atoms with Crippen molar-refractivity contribution >= 4 is 11.6 Å². The summed E-state index contributed by atoms with van der Waals surface area (Å²) in [6.45, 7) is 4.55. The molecule has 0 aliphatic carbocycles. The first kappa shape index (κ1) is 16.1. The van der Waals surface area contributed by atoms with Gasteiger partial charge in [-0.25, -0.2) is 9.67 Å². The summed E-state index contributed by atoms with van der Waals surface area (Å²) in [5, 5.41) is 7.62. The number of rotatable bonds is 4. The summed E-state index contributed by atoms with van der Waals surface area (Å²) in [6.07, 6.45) is 3.53. The van der Waals surface area contributed by atoms with Gasteiger partial charge in [0.15, 0.2) is 0 Å². The van der Waals surface area contributed by atoms with Crippen LogP contribution in [0, 0.1) is 0 Å². The molecule has 1 amide bonds. The Labute approximate surface area is 147 Å². The number of para-hydroxylation sites is 1. The molecule has 0 unspecified atom stereocenters. The lowest BCUT2D eigenvalue weighted by molar-refractivity contribution is -0.130. The molecule has 132 valence electrons. The van der Waals surface area contributed by atoms with Crippen molar-refractivity contribution < 1.29 is 4.79 Å². The van der Waals surface area contributed by atoms with Crippen LogP contribution in [0.15, 0.2) is 36.7 Å². The number of piperazine rings is 1. The highest BCUT2D eigenvalue weighted by Crippen LogP contribution is 2.16. The molecule has 1 atom stereocenters. The molecular weight excluding hydrogens is 316 g/mol. The average Bonchev–Trinajstić information content (AvgIpc) is 3.15. The molecule has 2 aliphatic rings. The van der Waals surface area contributed by atoms with Crippen LogP contribution in [-0.2, 0) is 17.8 Å². The van der Waals surface area contributed by atoms with Crippen LogP contribution in [0.4, 0.5) is 5.69 Å². The van der Waals surface area contributed by atoms with E-state index in [1.54, 1.807) is 6.33 Å². The zero-order chi connectivity index (χ0) is 17.1. The van der Waals surface area contributed by atoms with Gasteiger partial charge >= 0.3 is 0 Å². The summed E-state index contributed by atoms with van der Waals surface area (Å²) in [5.74, 6) is 1.23. The second kappa shape index (κ2) is 7.23. The number of aromatic nitrogens is 3. The highest BCUT2D eigenvalue weighted by Gasteiger charge is 2.23. The Hall–Kier alpha value is -2.41. The zero-order valence-corrected chi connectivity index (χ0v) is 14.3. The Bertz CT molecular complexity index is 707. The predicted octanol–water partition coefficient (Wildman–Crippen LogP) is 0.531. The molecular formula is C18H24N6O. The Morgan fingerprint density at radius 1 is 1.16 bits per heavy atom. The predicted molar refractivity (Wildman–Crippen MR) is 95.4 cm³/mol. The lowest BCUT2D eigenvalue weighted by Crippen LogP contribution is -2.52. The highest BCUT2D eigenvalue weighted by atomic mass is 16.2. The molecule has 2 aliphatic heterocycles. The molecule has 4 rings (SSSR count). The number of amides is 1. The van der Waals surface area contributed by atoms with Gasteiger partial charge in [0.1, 0.15) is 12.2 Å². The number of carbonyl (C=O) groups is 1. The van der Waals surface area contributed by atoms with Crippen LogP contribution >= 0.6 is 0 Å². The van der Waals surface area contributed by atoms with Crippen LogP contribution in [0.25, 0.3) is 0 Å². The minimum Gasteiger partial charge on any atom is -0.368 e. The molecule has 1 N–H and O–H groups in total. The number of anilines is 1. The van der Waals surface area contributed by atoms with E-state index in [1.165, 1.54) is 5.69 Å². The fraction of sp³-hybridized carbons (Fsp3) is 0.500. The Morgan fingerprint density at radius 3 is 2.76 bits per heavy atom.